The lowest BCUT2D eigenvalue weighted by Gasteiger charge is -2.54. The lowest BCUT2D eigenvalue weighted by atomic mass is 9.52. The fourth-order valence-corrected chi connectivity index (χ4v) is 6.62. The van der Waals surface area contributed by atoms with E-state index in [0.29, 0.717) is 12.5 Å². The average molecular weight is 319 g/mol. The van der Waals surface area contributed by atoms with E-state index >= 15 is 0 Å². The summed E-state index contributed by atoms with van der Waals surface area (Å²) < 4.78 is 27.6. The predicted octanol–water partition coefficient (Wildman–Crippen LogP) is 3.18. The maximum atomic E-state index is 12.3. The van der Waals surface area contributed by atoms with Crippen molar-refractivity contribution in [3.05, 3.63) is 35.9 Å². The molecule has 3 nitrogen and oxygen atoms in total. The molecule has 4 saturated carbocycles. The van der Waals surface area contributed by atoms with Crippen molar-refractivity contribution in [2.24, 2.45) is 29.6 Å². The van der Waals surface area contributed by atoms with Crippen LogP contribution in [0.5, 0.6) is 0 Å². The van der Waals surface area contributed by atoms with Crippen molar-refractivity contribution in [1.29, 1.82) is 0 Å². The van der Waals surface area contributed by atoms with Gasteiger partial charge < -0.3 is 0 Å². The molecule has 0 saturated heterocycles. The third kappa shape index (κ3) is 2.95. The van der Waals surface area contributed by atoms with Crippen molar-refractivity contribution in [3.8, 4) is 0 Å². The molecule has 120 valence electrons. The minimum absolute atomic E-state index is 0.0984. The normalized spacial score (nSPS) is 36.6. The van der Waals surface area contributed by atoms with E-state index in [9.17, 15) is 8.42 Å². The summed E-state index contributed by atoms with van der Waals surface area (Å²) in [5.41, 5.74) is 0.861. The smallest absolute Gasteiger partial charge is 0.215 e. The Bertz CT molecular complexity index is 598. The molecule has 22 heavy (non-hydrogen) atoms. The third-order valence-corrected chi connectivity index (χ3v) is 7.48. The van der Waals surface area contributed by atoms with Crippen LogP contribution in [-0.2, 0) is 15.8 Å². The summed E-state index contributed by atoms with van der Waals surface area (Å²) >= 11 is 0. The van der Waals surface area contributed by atoms with Crippen LogP contribution in [0.4, 0.5) is 0 Å². The maximum Gasteiger partial charge on any atom is 0.215 e. The molecule has 0 aromatic heterocycles. The topological polar surface area (TPSA) is 46.2 Å². The molecule has 1 aromatic carbocycles. The van der Waals surface area contributed by atoms with Crippen molar-refractivity contribution in [2.75, 3.05) is 6.54 Å². The zero-order chi connectivity index (χ0) is 15.2. The van der Waals surface area contributed by atoms with Gasteiger partial charge in [0, 0.05) is 6.54 Å². The first-order chi connectivity index (χ1) is 10.6. The highest BCUT2D eigenvalue weighted by atomic mass is 32.2. The molecule has 0 spiro atoms. The molecule has 4 aliphatic carbocycles. The molecule has 0 unspecified atom stereocenters. The molecule has 0 aliphatic heterocycles. The first-order valence-electron chi connectivity index (χ1n) is 8.60. The fourth-order valence-electron chi connectivity index (χ4n) is 5.44. The van der Waals surface area contributed by atoms with E-state index in [0.717, 1.165) is 29.2 Å². The average Bonchev–Trinajstić information content (AvgIpc) is 2.46. The highest BCUT2D eigenvalue weighted by Gasteiger charge is 2.48. The fraction of sp³-hybridized carbons (Fsp3) is 0.667. The SMILES string of the molecule is O=S(=O)(Cc1ccccc1)NCC1C2CC3CC(C2)CC1C3. The van der Waals surface area contributed by atoms with E-state index in [-0.39, 0.29) is 5.75 Å². The molecule has 4 fully saturated rings. The van der Waals surface area contributed by atoms with Crippen molar-refractivity contribution in [1.82, 2.24) is 4.72 Å². The molecule has 0 atom stereocenters. The number of nitrogens with one attached hydrogen (secondary N) is 1. The Labute approximate surface area is 133 Å². The lowest BCUT2D eigenvalue weighted by Crippen LogP contribution is -2.49. The maximum absolute atomic E-state index is 12.3. The van der Waals surface area contributed by atoms with Gasteiger partial charge in [-0.3, -0.25) is 0 Å². The number of hydrogen-bond acceptors (Lipinski definition) is 2. The Morgan fingerprint density at radius 2 is 1.50 bits per heavy atom. The van der Waals surface area contributed by atoms with E-state index < -0.39 is 10.0 Å². The van der Waals surface area contributed by atoms with Crippen LogP contribution < -0.4 is 4.72 Å². The van der Waals surface area contributed by atoms with Crippen molar-refractivity contribution >= 4 is 10.0 Å². The summed E-state index contributed by atoms with van der Waals surface area (Å²) in [7, 11) is -3.22. The molecule has 4 bridgehead atoms. The van der Waals surface area contributed by atoms with Crippen LogP contribution in [0.15, 0.2) is 30.3 Å². The molecule has 0 heterocycles. The zero-order valence-electron chi connectivity index (χ0n) is 12.9. The lowest BCUT2D eigenvalue weighted by molar-refractivity contribution is -0.0335. The summed E-state index contributed by atoms with van der Waals surface area (Å²) in [6.45, 7) is 0.657. The Morgan fingerprint density at radius 3 is 2.09 bits per heavy atom. The van der Waals surface area contributed by atoms with Crippen LogP contribution in [0, 0.1) is 29.6 Å². The van der Waals surface area contributed by atoms with Crippen molar-refractivity contribution < 1.29 is 8.42 Å². The van der Waals surface area contributed by atoms with E-state index in [4.69, 9.17) is 0 Å². The van der Waals surface area contributed by atoms with Gasteiger partial charge in [0.05, 0.1) is 5.75 Å². The second-order valence-electron chi connectivity index (χ2n) is 7.69. The van der Waals surface area contributed by atoms with Crippen LogP contribution >= 0.6 is 0 Å². The molecule has 5 rings (SSSR count). The number of rotatable bonds is 5. The molecule has 1 aromatic rings. The molecular weight excluding hydrogens is 294 g/mol. The van der Waals surface area contributed by atoms with Gasteiger partial charge >= 0.3 is 0 Å². The van der Waals surface area contributed by atoms with E-state index in [2.05, 4.69) is 4.72 Å². The summed E-state index contributed by atoms with van der Waals surface area (Å²) in [6.07, 6.45) is 6.83. The molecule has 4 heteroatoms. The highest BCUT2D eigenvalue weighted by molar-refractivity contribution is 7.88. The Hall–Kier alpha value is -0.870. The number of hydrogen-bond donors (Lipinski definition) is 1. The highest BCUT2D eigenvalue weighted by Crippen LogP contribution is 2.56. The predicted molar refractivity (Wildman–Crippen MR) is 87.6 cm³/mol. The summed E-state index contributed by atoms with van der Waals surface area (Å²) in [5, 5.41) is 0. The van der Waals surface area contributed by atoms with Crippen LogP contribution in [0.25, 0.3) is 0 Å². The molecule has 0 amide bonds. The van der Waals surface area contributed by atoms with Crippen molar-refractivity contribution in [2.45, 2.75) is 37.9 Å². The van der Waals surface area contributed by atoms with Gasteiger partial charge in [-0.2, -0.15) is 0 Å². The Morgan fingerprint density at radius 1 is 0.909 bits per heavy atom. The number of sulfonamides is 1. The minimum Gasteiger partial charge on any atom is -0.215 e. The molecule has 1 N–H and O–H groups in total. The number of benzene rings is 1. The molecule has 0 radical (unpaired) electrons. The van der Waals surface area contributed by atoms with Gasteiger partial charge in [-0.25, -0.2) is 13.1 Å². The summed E-state index contributed by atoms with van der Waals surface area (Å²) in [6, 6.07) is 9.45. The standard InChI is InChI=1S/C18H25NO2S/c20-22(21,12-13-4-2-1-3-5-13)19-11-18-16-7-14-6-15(9-16)10-17(18)8-14/h1-5,14-19H,6-12H2. The Balaban J connectivity index is 1.38. The zero-order valence-corrected chi connectivity index (χ0v) is 13.8. The van der Waals surface area contributed by atoms with Gasteiger partial charge in [0.2, 0.25) is 10.0 Å². The van der Waals surface area contributed by atoms with Gasteiger partial charge in [0.25, 0.3) is 0 Å². The second kappa shape index (κ2) is 5.64. The van der Waals surface area contributed by atoms with Gasteiger partial charge in [-0.15, -0.1) is 0 Å². The van der Waals surface area contributed by atoms with E-state index in [1.165, 1.54) is 32.1 Å². The minimum atomic E-state index is -3.22. The first kappa shape index (κ1) is 14.7. The van der Waals surface area contributed by atoms with Crippen LogP contribution in [-0.4, -0.2) is 15.0 Å². The third-order valence-electron chi connectivity index (χ3n) is 6.16. The largest absolute Gasteiger partial charge is 0.215 e. The van der Waals surface area contributed by atoms with Crippen LogP contribution in [0.1, 0.15) is 37.7 Å². The van der Waals surface area contributed by atoms with Crippen LogP contribution in [0.2, 0.25) is 0 Å². The quantitative estimate of drug-likeness (QED) is 0.906. The summed E-state index contributed by atoms with van der Waals surface area (Å²) in [4.78, 5) is 0. The van der Waals surface area contributed by atoms with Gasteiger partial charge in [-0.1, -0.05) is 30.3 Å². The monoisotopic (exact) mass is 319 g/mol. The first-order valence-corrected chi connectivity index (χ1v) is 10.3. The van der Waals surface area contributed by atoms with E-state index in [1.54, 1.807) is 0 Å². The molecule has 4 aliphatic rings. The second-order valence-corrected chi connectivity index (χ2v) is 9.49. The van der Waals surface area contributed by atoms with Gasteiger partial charge in [-0.05, 0) is 67.3 Å². The van der Waals surface area contributed by atoms with Gasteiger partial charge in [0.15, 0.2) is 0 Å². The molecular formula is C18H25NO2S. The van der Waals surface area contributed by atoms with Crippen LogP contribution in [0.3, 0.4) is 0 Å². The van der Waals surface area contributed by atoms with Crippen molar-refractivity contribution in [3.63, 3.8) is 0 Å². The van der Waals surface area contributed by atoms with Gasteiger partial charge in [0.1, 0.15) is 0 Å². The summed E-state index contributed by atoms with van der Waals surface area (Å²) in [5.74, 6) is 4.12. The Kier molecular flexibility index (Phi) is 3.77. The van der Waals surface area contributed by atoms with E-state index in [1.807, 2.05) is 30.3 Å².